The fourth-order valence-electron chi connectivity index (χ4n) is 2.63. The molecule has 0 radical (unpaired) electrons. The fraction of sp³-hybridized carbons (Fsp3) is 0.688. The SMILES string of the molecule is CC1OCCC1N(C)c1cc(CO)cc(C(C)(C)C)n1. The number of hydrogen-bond donors (Lipinski definition) is 1. The Morgan fingerprint density at radius 2 is 2.10 bits per heavy atom. The molecule has 1 N–H and O–H groups in total. The van der Waals surface area contributed by atoms with E-state index in [1.807, 2.05) is 12.1 Å². The number of anilines is 1. The summed E-state index contributed by atoms with van der Waals surface area (Å²) in [6.07, 6.45) is 1.24. The summed E-state index contributed by atoms with van der Waals surface area (Å²) in [4.78, 5) is 6.98. The maximum absolute atomic E-state index is 9.48. The average Bonchev–Trinajstić information content (AvgIpc) is 2.82. The molecule has 4 nitrogen and oxygen atoms in total. The van der Waals surface area contributed by atoms with Gasteiger partial charge in [-0.1, -0.05) is 20.8 Å². The van der Waals surface area contributed by atoms with Crippen molar-refractivity contribution in [3.8, 4) is 0 Å². The van der Waals surface area contributed by atoms with Gasteiger partial charge in [-0.2, -0.15) is 0 Å². The lowest BCUT2D eigenvalue weighted by Gasteiger charge is -2.29. The molecule has 0 aromatic carbocycles. The predicted octanol–water partition coefficient (Wildman–Crippen LogP) is 2.49. The molecule has 1 aliphatic heterocycles. The Hall–Kier alpha value is -1.13. The van der Waals surface area contributed by atoms with Crippen LogP contribution in [0.25, 0.3) is 0 Å². The third kappa shape index (κ3) is 3.13. The normalized spacial score (nSPS) is 23.1. The lowest BCUT2D eigenvalue weighted by molar-refractivity contribution is 0.118. The van der Waals surface area contributed by atoms with E-state index in [2.05, 4.69) is 39.6 Å². The summed E-state index contributed by atoms with van der Waals surface area (Å²) in [6, 6.07) is 4.32. The summed E-state index contributed by atoms with van der Waals surface area (Å²) in [5.74, 6) is 0.920. The number of pyridine rings is 1. The number of hydrogen-bond acceptors (Lipinski definition) is 4. The molecule has 1 aromatic rings. The van der Waals surface area contributed by atoms with E-state index >= 15 is 0 Å². The average molecular weight is 278 g/mol. The monoisotopic (exact) mass is 278 g/mol. The predicted molar refractivity (Wildman–Crippen MR) is 81.1 cm³/mol. The zero-order chi connectivity index (χ0) is 14.9. The van der Waals surface area contributed by atoms with Gasteiger partial charge in [0.2, 0.25) is 0 Å². The van der Waals surface area contributed by atoms with Crippen LogP contribution in [-0.4, -0.2) is 35.9 Å². The quantitative estimate of drug-likeness (QED) is 0.922. The summed E-state index contributed by atoms with van der Waals surface area (Å²) in [5.41, 5.74) is 1.90. The molecule has 4 heteroatoms. The fourth-order valence-corrected chi connectivity index (χ4v) is 2.63. The molecule has 1 saturated heterocycles. The number of aliphatic hydroxyl groups excluding tert-OH is 1. The van der Waals surface area contributed by atoms with Crippen molar-refractivity contribution < 1.29 is 9.84 Å². The maximum atomic E-state index is 9.48. The molecule has 20 heavy (non-hydrogen) atoms. The molecule has 1 fully saturated rings. The number of nitrogens with zero attached hydrogens (tertiary/aromatic N) is 2. The highest BCUT2D eigenvalue weighted by atomic mass is 16.5. The van der Waals surface area contributed by atoms with Crippen LogP contribution in [0, 0.1) is 0 Å². The zero-order valence-electron chi connectivity index (χ0n) is 13.2. The molecule has 112 valence electrons. The minimum Gasteiger partial charge on any atom is -0.392 e. The Kier molecular flexibility index (Phi) is 4.35. The van der Waals surface area contributed by atoms with E-state index in [9.17, 15) is 5.11 Å². The van der Waals surface area contributed by atoms with E-state index in [1.165, 1.54) is 0 Å². The van der Waals surface area contributed by atoms with Crippen LogP contribution in [0.15, 0.2) is 12.1 Å². The number of aliphatic hydroxyl groups is 1. The van der Waals surface area contributed by atoms with Gasteiger partial charge in [0.15, 0.2) is 0 Å². The van der Waals surface area contributed by atoms with E-state index in [-0.39, 0.29) is 18.1 Å². The van der Waals surface area contributed by atoms with Gasteiger partial charge in [-0.25, -0.2) is 4.98 Å². The van der Waals surface area contributed by atoms with Gasteiger partial charge in [-0.05, 0) is 31.0 Å². The van der Waals surface area contributed by atoms with Gasteiger partial charge in [0.25, 0.3) is 0 Å². The van der Waals surface area contributed by atoms with Gasteiger partial charge in [0, 0.05) is 24.8 Å². The standard InChI is InChI=1S/C16H26N2O2/c1-11-13(6-7-20-11)18(5)15-9-12(10-19)8-14(17-15)16(2,3)4/h8-9,11,13,19H,6-7,10H2,1-5H3. The van der Waals surface area contributed by atoms with Crippen LogP contribution >= 0.6 is 0 Å². The number of aromatic nitrogens is 1. The molecule has 1 aliphatic rings. The van der Waals surface area contributed by atoms with Gasteiger partial charge in [-0.15, -0.1) is 0 Å². The molecule has 2 rings (SSSR count). The largest absolute Gasteiger partial charge is 0.392 e. The van der Waals surface area contributed by atoms with Gasteiger partial charge < -0.3 is 14.7 Å². The second-order valence-electron chi connectivity index (χ2n) is 6.67. The first-order valence-electron chi connectivity index (χ1n) is 7.29. The van der Waals surface area contributed by atoms with E-state index in [0.717, 1.165) is 30.1 Å². The van der Waals surface area contributed by atoms with E-state index in [1.54, 1.807) is 0 Å². The Balaban J connectivity index is 2.35. The Morgan fingerprint density at radius 3 is 2.60 bits per heavy atom. The number of likely N-dealkylation sites (N-methyl/N-ethyl adjacent to an activating group) is 1. The van der Waals surface area contributed by atoms with Crippen LogP contribution in [0.3, 0.4) is 0 Å². The van der Waals surface area contributed by atoms with Crippen molar-refractivity contribution in [2.75, 3.05) is 18.6 Å². The van der Waals surface area contributed by atoms with Crippen LogP contribution in [0.4, 0.5) is 5.82 Å². The van der Waals surface area contributed by atoms with Crippen LogP contribution in [-0.2, 0) is 16.8 Å². The van der Waals surface area contributed by atoms with Crippen molar-refractivity contribution in [2.24, 2.45) is 0 Å². The number of rotatable bonds is 3. The molecular formula is C16H26N2O2. The summed E-state index contributed by atoms with van der Waals surface area (Å²) < 4.78 is 5.64. The highest BCUT2D eigenvalue weighted by Crippen LogP contribution is 2.28. The van der Waals surface area contributed by atoms with Crippen molar-refractivity contribution >= 4 is 5.82 Å². The second-order valence-corrected chi connectivity index (χ2v) is 6.67. The van der Waals surface area contributed by atoms with Crippen LogP contribution < -0.4 is 4.90 Å². The molecule has 0 aliphatic carbocycles. The molecule has 0 bridgehead atoms. The minimum absolute atomic E-state index is 0.0292. The van der Waals surface area contributed by atoms with Gasteiger partial charge in [0.05, 0.1) is 18.8 Å². The highest BCUT2D eigenvalue weighted by Gasteiger charge is 2.29. The smallest absolute Gasteiger partial charge is 0.129 e. The summed E-state index contributed by atoms with van der Waals surface area (Å²) >= 11 is 0. The van der Waals surface area contributed by atoms with Crippen LogP contribution in [0.2, 0.25) is 0 Å². The molecule has 2 heterocycles. The van der Waals surface area contributed by atoms with Crippen LogP contribution in [0.1, 0.15) is 45.4 Å². The first-order valence-corrected chi connectivity index (χ1v) is 7.29. The molecule has 0 saturated carbocycles. The van der Waals surface area contributed by atoms with Crippen molar-refractivity contribution in [1.82, 2.24) is 4.98 Å². The van der Waals surface area contributed by atoms with Gasteiger partial charge in [-0.3, -0.25) is 0 Å². The lowest BCUT2D eigenvalue weighted by Crippen LogP contribution is -2.37. The van der Waals surface area contributed by atoms with Crippen LogP contribution in [0.5, 0.6) is 0 Å². The highest BCUT2D eigenvalue weighted by molar-refractivity contribution is 5.44. The third-order valence-corrected chi connectivity index (χ3v) is 4.02. The first kappa shape index (κ1) is 15.3. The molecule has 2 unspecified atom stereocenters. The Morgan fingerprint density at radius 1 is 1.40 bits per heavy atom. The van der Waals surface area contributed by atoms with Crippen molar-refractivity contribution in [3.05, 3.63) is 23.4 Å². The molecule has 0 amide bonds. The Bertz CT molecular complexity index is 468. The van der Waals surface area contributed by atoms with E-state index in [0.29, 0.717) is 6.04 Å². The van der Waals surface area contributed by atoms with E-state index in [4.69, 9.17) is 9.72 Å². The molecule has 0 spiro atoms. The van der Waals surface area contributed by atoms with Gasteiger partial charge in [0.1, 0.15) is 5.82 Å². The van der Waals surface area contributed by atoms with Crippen molar-refractivity contribution in [1.29, 1.82) is 0 Å². The molecule has 1 aromatic heterocycles. The first-order chi connectivity index (χ1) is 9.32. The summed E-state index contributed by atoms with van der Waals surface area (Å²) in [6.45, 7) is 9.38. The van der Waals surface area contributed by atoms with E-state index < -0.39 is 0 Å². The topological polar surface area (TPSA) is 45.6 Å². The summed E-state index contributed by atoms with van der Waals surface area (Å²) in [5, 5.41) is 9.48. The lowest BCUT2D eigenvalue weighted by atomic mass is 9.90. The molecule has 2 atom stereocenters. The van der Waals surface area contributed by atoms with Crippen molar-refractivity contribution in [3.63, 3.8) is 0 Å². The second kappa shape index (κ2) is 5.70. The maximum Gasteiger partial charge on any atom is 0.129 e. The van der Waals surface area contributed by atoms with Crippen molar-refractivity contribution in [2.45, 2.75) is 58.3 Å². The zero-order valence-corrected chi connectivity index (χ0v) is 13.2. The number of ether oxygens (including phenoxy) is 1. The Labute approximate surface area is 121 Å². The molecular weight excluding hydrogens is 252 g/mol. The third-order valence-electron chi connectivity index (χ3n) is 4.02. The minimum atomic E-state index is -0.0292. The summed E-state index contributed by atoms with van der Waals surface area (Å²) in [7, 11) is 2.06. The van der Waals surface area contributed by atoms with Gasteiger partial charge >= 0.3 is 0 Å².